The SMILES string of the molecule is Cc1ccc(-c2nnc(SCC(=O)N[C@H](C)CCc3ccccc3)o2)cc1. The van der Waals surface area contributed by atoms with Crippen LogP contribution in [0.5, 0.6) is 0 Å². The molecule has 0 aliphatic rings. The lowest BCUT2D eigenvalue weighted by Crippen LogP contribution is -2.34. The van der Waals surface area contributed by atoms with Gasteiger partial charge in [-0.15, -0.1) is 10.2 Å². The highest BCUT2D eigenvalue weighted by molar-refractivity contribution is 7.99. The fraction of sp³-hybridized carbons (Fsp3) is 0.286. The number of rotatable bonds is 8. The summed E-state index contributed by atoms with van der Waals surface area (Å²) >= 11 is 1.25. The van der Waals surface area contributed by atoms with Crippen LogP contribution in [0.4, 0.5) is 0 Å². The summed E-state index contributed by atoms with van der Waals surface area (Å²) in [6, 6.07) is 18.3. The van der Waals surface area contributed by atoms with Crippen LogP contribution in [0.3, 0.4) is 0 Å². The highest BCUT2D eigenvalue weighted by atomic mass is 32.2. The normalized spacial score (nSPS) is 11.9. The molecule has 1 amide bonds. The van der Waals surface area contributed by atoms with Gasteiger partial charge in [0, 0.05) is 11.6 Å². The Bertz CT molecular complexity index is 863. The van der Waals surface area contributed by atoms with E-state index in [-0.39, 0.29) is 17.7 Å². The Morgan fingerprint density at radius 2 is 1.85 bits per heavy atom. The molecule has 0 radical (unpaired) electrons. The molecule has 1 heterocycles. The average Bonchev–Trinajstić information content (AvgIpc) is 3.15. The second-order valence-electron chi connectivity index (χ2n) is 6.52. The molecule has 6 heteroatoms. The van der Waals surface area contributed by atoms with Gasteiger partial charge in [-0.2, -0.15) is 0 Å². The number of hydrogen-bond donors (Lipinski definition) is 1. The molecule has 0 aliphatic carbocycles. The Kier molecular flexibility index (Phi) is 6.65. The lowest BCUT2D eigenvalue weighted by Gasteiger charge is -2.13. The van der Waals surface area contributed by atoms with Crippen LogP contribution in [0, 0.1) is 6.92 Å². The molecule has 0 spiro atoms. The van der Waals surface area contributed by atoms with Crippen molar-refractivity contribution in [2.75, 3.05) is 5.75 Å². The van der Waals surface area contributed by atoms with Crippen molar-refractivity contribution in [2.45, 2.75) is 38.0 Å². The van der Waals surface area contributed by atoms with Crippen molar-refractivity contribution >= 4 is 17.7 Å². The first-order chi connectivity index (χ1) is 13.1. The van der Waals surface area contributed by atoms with Crippen LogP contribution >= 0.6 is 11.8 Å². The van der Waals surface area contributed by atoms with Crippen LogP contribution < -0.4 is 5.32 Å². The molecule has 27 heavy (non-hydrogen) atoms. The third-order valence-corrected chi connectivity index (χ3v) is 4.97. The second-order valence-corrected chi connectivity index (χ2v) is 7.45. The maximum absolute atomic E-state index is 12.1. The summed E-state index contributed by atoms with van der Waals surface area (Å²) in [6.07, 6.45) is 1.84. The molecule has 2 aromatic carbocycles. The maximum atomic E-state index is 12.1. The van der Waals surface area contributed by atoms with Gasteiger partial charge in [-0.1, -0.05) is 59.8 Å². The summed E-state index contributed by atoms with van der Waals surface area (Å²) in [7, 11) is 0. The number of aromatic nitrogens is 2. The molecule has 0 saturated heterocycles. The molecule has 1 aromatic heterocycles. The van der Waals surface area contributed by atoms with Gasteiger partial charge in [-0.25, -0.2) is 0 Å². The number of amides is 1. The number of carbonyl (C=O) groups is 1. The monoisotopic (exact) mass is 381 g/mol. The zero-order valence-corrected chi connectivity index (χ0v) is 16.3. The lowest BCUT2D eigenvalue weighted by molar-refractivity contribution is -0.119. The molecule has 5 nitrogen and oxygen atoms in total. The first-order valence-electron chi connectivity index (χ1n) is 8.97. The van der Waals surface area contributed by atoms with Gasteiger partial charge in [-0.05, 0) is 44.4 Å². The number of nitrogens with zero attached hydrogens (tertiary/aromatic N) is 2. The van der Waals surface area contributed by atoms with Crippen LogP contribution in [0.1, 0.15) is 24.5 Å². The van der Waals surface area contributed by atoms with Crippen LogP contribution in [-0.2, 0) is 11.2 Å². The van der Waals surface area contributed by atoms with Crippen LogP contribution in [0.25, 0.3) is 11.5 Å². The van der Waals surface area contributed by atoms with E-state index in [0.29, 0.717) is 11.1 Å². The van der Waals surface area contributed by atoms with Gasteiger partial charge in [0.2, 0.25) is 11.8 Å². The van der Waals surface area contributed by atoms with Crippen molar-refractivity contribution in [3.8, 4) is 11.5 Å². The minimum absolute atomic E-state index is 0.0318. The Balaban J connectivity index is 1.43. The minimum atomic E-state index is -0.0318. The predicted octanol–water partition coefficient (Wildman–Crippen LogP) is 4.27. The smallest absolute Gasteiger partial charge is 0.277 e. The summed E-state index contributed by atoms with van der Waals surface area (Å²) in [5.41, 5.74) is 3.33. The van der Waals surface area contributed by atoms with Crippen LogP contribution in [0.15, 0.2) is 64.2 Å². The van der Waals surface area contributed by atoms with E-state index >= 15 is 0 Å². The number of benzene rings is 2. The summed E-state index contributed by atoms with van der Waals surface area (Å²) in [5.74, 6) is 0.690. The number of carbonyl (C=O) groups excluding carboxylic acids is 1. The highest BCUT2D eigenvalue weighted by Gasteiger charge is 2.12. The first kappa shape index (κ1) is 19.2. The largest absolute Gasteiger partial charge is 0.411 e. The van der Waals surface area contributed by atoms with Crippen molar-refractivity contribution in [2.24, 2.45) is 0 Å². The van der Waals surface area contributed by atoms with Gasteiger partial charge in [-0.3, -0.25) is 4.79 Å². The third kappa shape index (κ3) is 5.96. The average molecular weight is 382 g/mol. The molecule has 0 unspecified atom stereocenters. The summed E-state index contributed by atoms with van der Waals surface area (Å²) < 4.78 is 5.63. The molecule has 0 saturated carbocycles. The van der Waals surface area contributed by atoms with Gasteiger partial charge < -0.3 is 9.73 Å². The zero-order chi connectivity index (χ0) is 19.1. The van der Waals surface area contributed by atoms with E-state index < -0.39 is 0 Å². The Labute approximate surface area is 163 Å². The zero-order valence-electron chi connectivity index (χ0n) is 15.5. The van der Waals surface area contributed by atoms with Crippen molar-refractivity contribution < 1.29 is 9.21 Å². The van der Waals surface area contributed by atoms with Crippen molar-refractivity contribution in [1.82, 2.24) is 15.5 Å². The number of nitrogens with one attached hydrogen (secondary N) is 1. The van der Waals surface area contributed by atoms with Crippen molar-refractivity contribution in [3.05, 3.63) is 65.7 Å². The summed E-state index contributed by atoms with van der Waals surface area (Å²) in [4.78, 5) is 12.1. The maximum Gasteiger partial charge on any atom is 0.277 e. The van der Waals surface area contributed by atoms with Crippen molar-refractivity contribution in [1.29, 1.82) is 0 Å². The van der Waals surface area contributed by atoms with E-state index in [1.165, 1.54) is 22.9 Å². The Hall–Kier alpha value is -2.60. The minimum Gasteiger partial charge on any atom is -0.411 e. The number of aryl methyl sites for hydroxylation is 2. The molecule has 1 atom stereocenters. The van der Waals surface area contributed by atoms with Crippen LogP contribution in [-0.4, -0.2) is 27.9 Å². The molecular weight excluding hydrogens is 358 g/mol. The van der Waals surface area contributed by atoms with Gasteiger partial charge in [0.25, 0.3) is 5.22 Å². The van der Waals surface area contributed by atoms with E-state index in [4.69, 9.17) is 4.42 Å². The molecule has 0 bridgehead atoms. The highest BCUT2D eigenvalue weighted by Crippen LogP contribution is 2.23. The molecule has 0 fully saturated rings. The van der Waals surface area contributed by atoms with E-state index in [9.17, 15) is 4.79 Å². The quantitative estimate of drug-likeness (QED) is 0.590. The van der Waals surface area contributed by atoms with Gasteiger partial charge >= 0.3 is 0 Å². The summed E-state index contributed by atoms with van der Waals surface area (Å²) in [6.45, 7) is 4.05. The molecular formula is C21H23N3O2S. The number of hydrogen-bond acceptors (Lipinski definition) is 5. The Morgan fingerprint density at radius 1 is 1.11 bits per heavy atom. The first-order valence-corrected chi connectivity index (χ1v) is 9.95. The fourth-order valence-corrected chi connectivity index (χ4v) is 3.20. The molecule has 0 aliphatic heterocycles. The van der Waals surface area contributed by atoms with E-state index in [1.54, 1.807) is 0 Å². The summed E-state index contributed by atoms with van der Waals surface area (Å²) in [5, 5.41) is 11.5. The third-order valence-electron chi connectivity index (χ3n) is 4.15. The van der Waals surface area contributed by atoms with Crippen LogP contribution in [0.2, 0.25) is 0 Å². The second kappa shape index (κ2) is 9.37. The standard InChI is InChI=1S/C21H23N3O2S/c1-15-8-12-18(13-9-15)20-23-24-21(26-20)27-14-19(25)22-16(2)10-11-17-6-4-3-5-7-17/h3-9,12-13,16H,10-11,14H2,1-2H3,(H,22,25)/t16-/m1/s1. The topological polar surface area (TPSA) is 68.0 Å². The molecule has 140 valence electrons. The van der Waals surface area contributed by atoms with E-state index in [2.05, 4.69) is 27.6 Å². The van der Waals surface area contributed by atoms with Gasteiger partial charge in [0.05, 0.1) is 5.75 Å². The predicted molar refractivity (Wildman–Crippen MR) is 108 cm³/mol. The molecule has 1 N–H and O–H groups in total. The molecule has 3 aromatic rings. The number of thioether (sulfide) groups is 1. The van der Waals surface area contributed by atoms with Gasteiger partial charge in [0.15, 0.2) is 0 Å². The van der Waals surface area contributed by atoms with E-state index in [0.717, 1.165) is 18.4 Å². The fourth-order valence-electron chi connectivity index (χ4n) is 2.62. The Morgan fingerprint density at radius 3 is 2.59 bits per heavy atom. The molecule has 3 rings (SSSR count). The van der Waals surface area contributed by atoms with Crippen molar-refractivity contribution in [3.63, 3.8) is 0 Å². The lowest BCUT2D eigenvalue weighted by atomic mass is 10.1. The van der Waals surface area contributed by atoms with E-state index in [1.807, 2.05) is 56.3 Å². The van der Waals surface area contributed by atoms with Gasteiger partial charge in [0.1, 0.15) is 0 Å².